The van der Waals surface area contributed by atoms with Crippen molar-refractivity contribution in [2.45, 2.75) is 19.1 Å². The highest BCUT2D eigenvalue weighted by Gasteiger charge is 2.18. The van der Waals surface area contributed by atoms with Crippen LogP contribution in [0.3, 0.4) is 0 Å². The van der Waals surface area contributed by atoms with Gasteiger partial charge in [-0.1, -0.05) is 71.4 Å². The summed E-state index contributed by atoms with van der Waals surface area (Å²) in [4.78, 5) is 16.1. The van der Waals surface area contributed by atoms with Crippen LogP contribution in [-0.2, 0) is 4.79 Å². The molecule has 0 aliphatic heterocycles. The van der Waals surface area contributed by atoms with Gasteiger partial charge in [-0.25, -0.2) is 4.98 Å². The minimum absolute atomic E-state index is 0.0584. The Kier molecular flexibility index (Phi) is 5.24. The normalized spacial score (nSPS) is 10.7. The largest absolute Gasteiger partial charge is 0.431 e. The van der Waals surface area contributed by atoms with Crippen LogP contribution in [-0.4, -0.2) is 23.7 Å². The van der Waals surface area contributed by atoms with Crippen molar-refractivity contribution in [3.8, 4) is 22.6 Å². The van der Waals surface area contributed by atoms with E-state index < -0.39 is 0 Å². The van der Waals surface area contributed by atoms with Crippen LogP contribution in [0.4, 0.5) is 0 Å². The second-order valence-corrected chi connectivity index (χ2v) is 6.78. The van der Waals surface area contributed by atoms with E-state index in [1.165, 1.54) is 22.9 Å². The van der Waals surface area contributed by atoms with Crippen LogP contribution in [0, 0.1) is 13.8 Å². The minimum atomic E-state index is -0.0584. The van der Waals surface area contributed by atoms with Gasteiger partial charge in [0.05, 0.1) is 5.75 Å². The van der Waals surface area contributed by atoms with Crippen LogP contribution < -0.4 is 5.32 Å². The molecule has 25 heavy (non-hydrogen) atoms. The number of rotatable bonds is 5. The van der Waals surface area contributed by atoms with E-state index in [0.29, 0.717) is 5.22 Å². The van der Waals surface area contributed by atoms with Crippen LogP contribution in [0.15, 0.2) is 58.2 Å². The molecule has 4 nitrogen and oxygen atoms in total. The van der Waals surface area contributed by atoms with Gasteiger partial charge in [-0.15, -0.1) is 0 Å². The molecule has 0 saturated heterocycles. The summed E-state index contributed by atoms with van der Waals surface area (Å²) < 4.78 is 5.99. The van der Waals surface area contributed by atoms with E-state index in [-0.39, 0.29) is 11.7 Å². The summed E-state index contributed by atoms with van der Waals surface area (Å²) in [5, 5.41) is 3.10. The summed E-state index contributed by atoms with van der Waals surface area (Å²) in [5.41, 5.74) is 5.15. The third-order valence-corrected chi connectivity index (χ3v) is 4.68. The van der Waals surface area contributed by atoms with Crippen molar-refractivity contribution in [2.24, 2.45) is 0 Å². The molecule has 3 rings (SSSR count). The maximum atomic E-state index is 11.5. The van der Waals surface area contributed by atoms with Crippen LogP contribution in [0.1, 0.15) is 11.1 Å². The smallest absolute Gasteiger partial charge is 0.257 e. The summed E-state index contributed by atoms with van der Waals surface area (Å²) in [6.07, 6.45) is 0. The molecule has 5 heteroatoms. The van der Waals surface area contributed by atoms with Crippen molar-refractivity contribution >= 4 is 17.7 Å². The van der Waals surface area contributed by atoms with Gasteiger partial charge in [-0.05, 0) is 13.8 Å². The van der Waals surface area contributed by atoms with Gasteiger partial charge in [-0.3, -0.25) is 4.79 Å². The number of hydrogen-bond acceptors (Lipinski definition) is 4. The Morgan fingerprint density at radius 3 is 2.12 bits per heavy atom. The van der Waals surface area contributed by atoms with E-state index in [4.69, 9.17) is 4.42 Å². The van der Waals surface area contributed by atoms with E-state index in [1.54, 1.807) is 7.05 Å². The molecule has 0 atom stereocenters. The van der Waals surface area contributed by atoms with E-state index >= 15 is 0 Å². The molecule has 1 N–H and O–H groups in total. The Bertz CT molecular complexity index is 805. The zero-order valence-electron chi connectivity index (χ0n) is 14.5. The number of nitrogens with one attached hydrogen (secondary N) is 1. The first-order chi connectivity index (χ1) is 12.1. The van der Waals surface area contributed by atoms with Crippen molar-refractivity contribution in [3.05, 3.63) is 59.7 Å². The summed E-state index contributed by atoms with van der Waals surface area (Å²) in [6, 6.07) is 16.3. The average Bonchev–Trinajstić information content (AvgIpc) is 3.05. The molecule has 0 unspecified atom stereocenters. The van der Waals surface area contributed by atoms with Gasteiger partial charge < -0.3 is 9.73 Å². The molecule has 0 aliphatic carbocycles. The van der Waals surface area contributed by atoms with Gasteiger partial charge in [0.2, 0.25) is 5.91 Å². The Balaban J connectivity index is 2.01. The first kappa shape index (κ1) is 17.3. The highest BCUT2D eigenvalue weighted by atomic mass is 32.2. The van der Waals surface area contributed by atoms with Crippen LogP contribution in [0.25, 0.3) is 22.6 Å². The van der Waals surface area contributed by atoms with Crippen molar-refractivity contribution in [3.63, 3.8) is 0 Å². The lowest BCUT2D eigenvalue weighted by Gasteiger charge is -2.02. The van der Waals surface area contributed by atoms with E-state index in [1.807, 2.05) is 36.4 Å². The summed E-state index contributed by atoms with van der Waals surface area (Å²) >= 11 is 1.29. The molecule has 1 heterocycles. The fourth-order valence-corrected chi connectivity index (χ4v) is 3.07. The maximum Gasteiger partial charge on any atom is 0.257 e. The number of aromatic nitrogens is 1. The maximum absolute atomic E-state index is 11.5. The van der Waals surface area contributed by atoms with Crippen LogP contribution >= 0.6 is 11.8 Å². The molecule has 1 aromatic heterocycles. The average molecular weight is 352 g/mol. The fourth-order valence-electron chi connectivity index (χ4n) is 2.37. The summed E-state index contributed by atoms with van der Waals surface area (Å²) in [6.45, 7) is 4.10. The standard InChI is InChI=1S/C20H20N2O2S/c1-13-4-8-15(9-5-13)18-19(16-10-6-14(2)7-11-16)24-20(22-18)25-12-17(23)21-3/h4-11H,12H2,1-3H3,(H,21,23). The molecule has 1 amide bonds. The third kappa shape index (κ3) is 4.12. The lowest BCUT2D eigenvalue weighted by molar-refractivity contribution is -0.118. The summed E-state index contributed by atoms with van der Waals surface area (Å²) in [7, 11) is 1.62. The predicted octanol–water partition coefficient (Wildman–Crippen LogP) is 4.46. The second-order valence-electron chi connectivity index (χ2n) is 5.85. The summed E-state index contributed by atoms with van der Waals surface area (Å²) in [5.74, 6) is 0.942. The van der Waals surface area contributed by atoms with Gasteiger partial charge in [0, 0.05) is 18.2 Å². The number of amides is 1. The number of aryl methyl sites for hydroxylation is 2. The van der Waals surface area contributed by atoms with E-state index in [0.717, 1.165) is 22.6 Å². The number of nitrogens with zero attached hydrogens (tertiary/aromatic N) is 1. The van der Waals surface area contributed by atoms with Crippen LogP contribution in [0.5, 0.6) is 0 Å². The quantitative estimate of drug-likeness (QED) is 0.689. The first-order valence-electron chi connectivity index (χ1n) is 8.05. The third-order valence-electron chi connectivity index (χ3n) is 3.85. The Morgan fingerprint density at radius 2 is 1.56 bits per heavy atom. The van der Waals surface area contributed by atoms with Crippen molar-refractivity contribution in [2.75, 3.05) is 12.8 Å². The molecule has 3 aromatic rings. The molecule has 128 valence electrons. The highest BCUT2D eigenvalue weighted by Crippen LogP contribution is 2.35. The monoisotopic (exact) mass is 352 g/mol. The molecular formula is C20H20N2O2S. The zero-order chi connectivity index (χ0) is 17.8. The van der Waals surface area contributed by atoms with Gasteiger partial charge >= 0.3 is 0 Å². The molecule has 0 radical (unpaired) electrons. The Morgan fingerprint density at radius 1 is 1.00 bits per heavy atom. The predicted molar refractivity (Wildman–Crippen MR) is 102 cm³/mol. The van der Waals surface area contributed by atoms with Gasteiger partial charge in [0.1, 0.15) is 5.69 Å². The topological polar surface area (TPSA) is 55.1 Å². The van der Waals surface area contributed by atoms with Crippen LogP contribution in [0.2, 0.25) is 0 Å². The molecule has 2 aromatic carbocycles. The molecule has 0 saturated carbocycles. The SMILES string of the molecule is CNC(=O)CSc1nc(-c2ccc(C)cc2)c(-c2ccc(C)cc2)o1. The highest BCUT2D eigenvalue weighted by molar-refractivity contribution is 7.99. The van der Waals surface area contributed by atoms with Crippen molar-refractivity contribution in [1.82, 2.24) is 10.3 Å². The Labute approximate surface area is 151 Å². The Hall–Kier alpha value is -2.53. The van der Waals surface area contributed by atoms with E-state index in [2.05, 4.69) is 36.3 Å². The molecular weight excluding hydrogens is 332 g/mol. The number of thioether (sulfide) groups is 1. The first-order valence-corrected chi connectivity index (χ1v) is 9.03. The lowest BCUT2D eigenvalue weighted by atomic mass is 10.0. The fraction of sp³-hybridized carbons (Fsp3) is 0.200. The molecule has 0 aliphatic rings. The lowest BCUT2D eigenvalue weighted by Crippen LogP contribution is -2.19. The zero-order valence-corrected chi connectivity index (χ0v) is 15.3. The molecule has 0 spiro atoms. The van der Waals surface area contributed by atoms with Crippen molar-refractivity contribution in [1.29, 1.82) is 0 Å². The number of carbonyl (C=O) groups excluding carboxylic acids is 1. The van der Waals surface area contributed by atoms with Crippen molar-refractivity contribution < 1.29 is 9.21 Å². The number of hydrogen-bond donors (Lipinski definition) is 1. The molecule has 0 fully saturated rings. The number of carbonyl (C=O) groups is 1. The second kappa shape index (κ2) is 7.57. The van der Waals surface area contributed by atoms with Gasteiger partial charge in [0.25, 0.3) is 5.22 Å². The molecule has 0 bridgehead atoms. The van der Waals surface area contributed by atoms with Gasteiger partial charge in [0.15, 0.2) is 5.76 Å². The van der Waals surface area contributed by atoms with E-state index in [9.17, 15) is 4.79 Å². The number of oxazole rings is 1. The number of benzene rings is 2. The van der Waals surface area contributed by atoms with Gasteiger partial charge in [-0.2, -0.15) is 0 Å². The minimum Gasteiger partial charge on any atom is -0.431 e.